The maximum Gasteiger partial charge on any atom is 0.199 e. The zero-order valence-corrected chi connectivity index (χ0v) is 14.5. The predicted octanol–water partition coefficient (Wildman–Crippen LogP) is 5.37. The first-order chi connectivity index (χ1) is 12.7. The summed E-state index contributed by atoms with van der Waals surface area (Å²) in [5.41, 5.74) is 3.30. The fourth-order valence-corrected chi connectivity index (χ4v) is 4.06. The van der Waals surface area contributed by atoms with Gasteiger partial charge < -0.3 is 10.3 Å². The second kappa shape index (κ2) is 5.48. The van der Waals surface area contributed by atoms with Gasteiger partial charge >= 0.3 is 0 Å². The molecular formula is C22H15ClN2O. The maximum absolute atomic E-state index is 13.6. The van der Waals surface area contributed by atoms with Crippen LogP contribution in [0.4, 0.5) is 5.69 Å². The topological polar surface area (TPSA) is 44.9 Å². The molecule has 0 spiro atoms. The minimum Gasteiger partial charge on any atom is -0.365 e. The summed E-state index contributed by atoms with van der Waals surface area (Å²) in [5, 5.41) is 5.10. The number of fused-ring (bicyclic) bond motifs is 2. The molecule has 0 fully saturated rings. The summed E-state index contributed by atoms with van der Waals surface area (Å²) in [6, 6.07) is 23.2. The average molecular weight is 359 g/mol. The third-order valence-corrected chi connectivity index (χ3v) is 5.32. The van der Waals surface area contributed by atoms with Crippen LogP contribution in [0.2, 0.25) is 5.02 Å². The Balaban J connectivity index is 1.85. The number of nitrogens with one attached hydrogen (secondary N) is 2. The zero-order valence-electron chi connectivity index (χ0n) is 13.8. The number of hydrogen-bond donors (Lipinski definition) is 2. The first-order valence-corrected chi connectivity index (χ1v) is 8.82. The van der Waals surface area contributed by atoms with E-state index in [2.05, 4.69) is 10.3 Å². The molecule has 4 heteroatoms. The number of aromatic amines is 1. The van der Waals surface area contributed by atoms with Gasteiger partial charge in [-0.3, -0.25) is 4.79 Å². The molecular weight excluding hydrogens is 344 g/mol. The van der Waals surface area contributed by atoms with E-state index in [0.717, 1.165) is 27.7 Å². The summed E-state index contributed by atoms with van der Waals surface area (Å²) < 4.78 is 0. The van der Waals surface area contributed by atoms with E-state index in [9.17, 15) is 4.79 Å². The van der Waals surface area contributed by atoms with Gasteiger partial charge in [-0.1, -0.05) is 54.1 Å². The number of carbonyl (C=O) groups is 1. The normalized spacial score (nSPS) is 18.7. The van der Waals surface area contributed by atoms with Crippen molar-refractivity contribution < 1.29 is 4.79 Å². The van der Waals surface area contributed by atoms with Gasteiger partial charge in [0.05, 0.1) is 0 Å². The van der Waals surface area contributed by atoms with E-state index in [1.165, 1.54) is 0 Å². The summed E-state index contributed by atoms with van der Waals surface area (Å²) in [6.45, 7) is 0. The highest BCUT2D eigenvalue weighted by atomic mass is 35.5. The zero-order chi connectivity index (χ0) is 17.7. The third-order valence-electron chi connectivity index (χ3n) is 5.09. The lowest BCUT2D eigenvalue weighted by atomic mass is 9.79. The lowest BCUT2D eigenvalue weighted by Gasteiger charge is -2.29. The smallest absolute Gasteiger partial charge is 0.199 e. The molecule has 0 bridgehead atoms. The van der Waals surface area contributed by atoms with Crippen LogP contribution in [0.15, 0.2) is 79.0 Å². The van der Waals surface area contributed by atoms with Crippen LogP contribution in [0.5, 0.6) is 0 Å². The average Bonchev–Trinajstić information content (AvgIpc) is 3.22. The van der Waals surface area contributed by atoms with Gasteiger partial charge in [0, 0.05) is 38.9 Å². The molecule has 0 saturated heterocycles. The van der Waals surface area contributed by atoms with Crippen molar-refractivity contribution in [3.63, 3.8) is 0 Å². The van der Waals surface area contributed by atoms with Gasteiger partial charge in [-0.05, 0) is 35.9 Å². The van der Waals surface area contributed by atoms with E-state index >= 15 is 0 Å². The number of para-hydroxylation sites is 1. The fraction of sp³-hybridized carbons (Fsp3) is 0.0455. The van der Waals surface area contributed by atoms with Crippen LogP contribution in [-0.2, 0) is 5.54 Å². The lowest BCUT2D eigenvalue weighted by Crippen LogP contribution is -2.39. The molecule has 0 radical (unpaired) electrons. The number of aromatic nitrogens is 1. The van der Waals surface area contributed by atoms with Crippen LogP contribution in [-0.4, -0.2) is 10.8 Å². The molecule has 1 atom stereocenters. The molecule has 2 N–H and O–H groups in total. The van der Waals surface area contributed by atoms with E-state index in [4.69, 9.17) is 11.6 Å². The van der Waals surface area contributed by atoms with Crippen molar-refractivity contribution in [2.45, 2.75) is 5.54 Å². The number of anilines is 1. The van der Waals surface area contributed by atoms with Crippen molar-refractivity contribution in [2.24, 2.45) is 0 Å². The van der Waals surface area contributed by atoms with Crippen molar-refractivity contribution in [3.8, 4) is 0 Å². The van der Waals surface area contributed by atoms with Crippen molar-refractivity contribution >= 4 is 34.0 Å². The summed E-state index contributed by atoms with van der Waals surface area (Å²) >= 11 is 6.25. The van der Waals surface area contributed by atoms with E-state index in [1.807, 2.05) is 79.0 Å². The second-order valence-electron chi connectivity index (χ2n) is 6.51. The van der Waals surface area contributed by atoms with E-state index in [0.29, 0.717) is 10.6 Å². The highest BCUT2D eigenvalue weighted by Gasteiger charge is 2.49. The van der Waals surface area contributed by atoms with Crippen molar-refractivity contribution in [2.75, 3.05) is 5.32 Å². The molecule has 0 amide bonds. The predicted molar refractivity (Wildman–Crippen MR) is 105 cm³/mol. The lowest BCUT2D eigenvalue weighted by molar-refractivity contribution is 0.0941. The van der Waals surface area contributed by atoms with Crippen LogP contribution in [0, 0.1) is 0 Å². The number of rotatable bonds is 2. The van der Waals surface area contributed by atoms with Gasteiger partial charge in [0.1, 0.15) is 0 Å². The van der Waals surface area contributed by atoms with E-state index in [1.54, 1.807) is 0 Å². The summed E-state index contributed by atoms with van der Waals surface area (Å²) in [7, 11) is 0. The highest BCUT2D eigenvalue weighted by molar-refractivity contribution is 6.31. The number of carbonyl (C=O) groups excluding carboxylic acids is 1. The molecule has 1 aliphatic rings. The second-order valence-corrected chi connectivity index (χ2v) is 6.94. The van der Waals surface area contributed by atoms with Gasteiger partial charge in [-0.15, -0.1) is 0 Å². The van der Waals surface area contributed by atoms with Gasteiger partial charge in [0.15, 0.2) is 11.3 Å². The molecule has 1 aromatic heterocycles. The Bertz CT molecular complexity index is 1150. The van der Waals surface area contributed by atoms with Crippen LogP contribution in [0.25, 0.3) is 10.9 Å². The number of halogens is 1. The minimum absolute atomic E-state index is 0.0418. The van der Waals surface area contributed by atoms with Gasteiger partial charge in [0.25, 0.3) is 0 Å². The molecule has 1 aliphatic heterocycles. The number of hydrogen-bond acceptors (Lipinski definition) is 2. The van der Waals surface area contributed by atoms with Gasteiger partial charge in [0.2, 0.25) is 0 Å². The molecule has 26 heavy (non-hydrogen) atoms. The molecule has 4 aromatic rings. The first kappa shape index (κ1) is 15.2. The summed E-state index contributed by atoms with van der Waals surface area (Å²) in [4.78, 5) is 16.9. The van der Waals surface area contributed by atoms with Crippen molar-refractivity contribution in [3.05, 3.63) is 101 Å². The molecule has 126 valence electrons. The van der Waals surface area contributed by atoms with Crippen LogP contribution < -0.4 is 5.32 Å². The quantitative estimate of drug-likeness (QED) is 0.505. The number of Topliss-reactive ketones (excluding diaryl/α,β-unsaturated/α-hetero) is 1. The van der Waals surface area contributed by atoms with Crippen molar-refractivity contribution in [1.82, 2.24) is 4.98 Å². The standard InChI is InChI=1S/C22H15ClN2O/c23-15-10-11-19-17(12-15)18(13-24-19)22(14-6-2-1-3-7-14)21(26)16-8-4-5-9-20(16)25-22/h1-13,24-25H. The largest absolute Gasteiger partial charge is 0.365 e. The fourth-order valence-electron chi connectivity index (χ4n) is 3.89. The molecule has 2 heterocycles. The molecule has 1 unspecified atom stereocenters. The Morgan fingerprint density at radius 3 is 2.46 bits per heavy atom. The van der Waals surface area contributed by atoms with Crippen LogP contribution in [0.1, 0.15) is 21.5 Å². The first-order valence-electron chi connectivity index (χ1n) is 8.45. The summed E-state index contributed by atoms with van der Waals surface area (Å²) in [5.74, 6) is 0.0418. The molecule has 0 saturated carbocycles. The molecule has 3 aromatic carbocycles. The number of ketones is 1. The number of benzene rings is 3. The Morgan fingerprint density at radius 2 is 1.65 bits per heavy atom. The SMILES string of the molecule is O=C1c2ccccc2NC1(c1ccccc1)c1c[nH]c2ccc(Cl)cc12. The molecule has 3 nitrogen and oxygen atoms in total. The number of H-pyrrole nitrogens is 1. The Hall–Kier alpha value is -3.04. The Morgan fingerprint density at radius 1 is 0.885 bits per heavy atom. The Kier molecular flexibility index (Phi) is 3.21. The van der Waals surface area contributed by atoms with Gasteiger partial charge in [-0.2, -0.15) is 0 Å². The monoisotopic (exact) mass is 358 g/mol. The summed E-state index contributed by atoms with van der Waals surface area (Å²) in [6.07, 6.45) is 1.91. The van der Waals surface area contributed by atoms with Crippen LogP contribution in [0.3, 0.4) is 0 Å². The van der Waals surface area contributed by atoms with Gasteiger partial charge in [-0.25, -0.2) is 0 Å². The third kappa shape index (κ3) is 1.98. The molecule has 5 rings (SSSR count). The maximum atomic E-state index is 13.6. The Labute approximate surface area is 155 Å². The van der Waals surface area contributed by atoms with Crippen LogP contribution >= 0.6 is 11.6 Å². The van der Waals surface area contributed by atoms with E-state index < -0.39 is 5.54 Å². The van der Waals surface area contributed by atoms with E-state index in [-0.39, 0.29) is 5.78 Å². The minimum atomic E-state index is -0.978. The highest BCUT2D eigenvalue weighted by Crippen LogP contribution is 2.46. The van der Waals surface area contributed by atoms with Crippen molar-refractivity contribution in [1.29, 1.82) is 0 Å². The molecule has 0 aliphatic carbocycles.